The molecular formula is C11H12F3N3O3. The van der Waals surface area contributed by atoms with Crippen molar-refractivity contribution in [2.75, 3.05) is 6.54 Å². The summed E-state index contributed by atoms with van der Waals surface area (Å²) in [7, 11) is 2.66. The smallest absolute Gasteiger partial charge is 0.343 e. The molecule has 1 heterocycles. The summed E-state index contributed by atoms with van der Waals surface area (Å²) < 4.78 is 37.5. The van der Waals surface area contributed by atoms with Gasteiger partial charge >= 0.3 is 11.9 Å². The Morgan fingerprint density at radius 2 is 1.95 bits per heavy atom. The number of nitrogens with one attached hydrogen (secondary N) is 1. The van der Waals surface area contributed by atoms with Crippen LogP contribution in [0.15, 0.2) is 21.9 Å². The van der Waals surface area contributed by atoms with Crippen molar-refractivity contribution >= 4 is 12.0 Å². The van der Waals surface area contributed by atoms with Crippen molar-refractivity contribution < 1.29 is 18.0 Å². The maximum absolute atomic E-state index is 11.9. The first-order valence-corrected chi connectivity index (χ1v) is 5.41. The molecule has 1 aromatic heterocycles. The van der Waals surface area contributed by atoms with Crippen molar-refractivity contribution in [1.82, 2.24) is 14.5 Å². The third-order valence-electron chi connectivity index (χ3n) is 2.35. The summed E-state index contributed by atoms with van der Waals surface area (Å²) in [6, 6.07) is 0. The third-order valence-corrected chi connectivity index (χ3v) is 2.35. The highest BCUT2D eigenvalue weighted by Crippen LogP contribution is 2.11. The zero-order valence-electron chi connectivity index (χ0n) is 10.7. The number of alkyl halides is 3. The van der Waals surface area contributed by atoms with Gasteiger partial charge in [-0.05, 0) is 6.08 Å². The van der Waals surface area contributed by atoms with Gasteiger partial charge in [-0.1, -0.05) is 0 Å². The summed E-state index contributed by atoms with van der Waals surface area (Å²) >= 11 is 0. The Hall–Kier alpha value is -2.32. The number of hydrogen-bond donors (Lipinski definition) is 1. The second-order valence-corrected chi connectivity index (χ2v) is 4.01. The highest BCUT2D eigenvalue weighted by molar-refractivity contribution is 5.91. The van der Waals surface area contributed by atoms with Crippen molar-refractivity contribution in [2.24, 2.45) is 14.1 Å². The van der Waals surface area contributed by atoms with Crippen LogP contribution < -0.4 is 16.6 Å². The van der Waals surface area contributed by atoms with E-state index in [4.69, 9.17) is 0 Å². The zero-order valence-corrected chi connectivity index (χ0v) is 10.7. The molecule has 0 saturated carbocycles. The van der Waals surface area contributed by atoms with Crippen molar-refractivity contribution in [3.05, 3.63) is 38.7 Å². The molecular weight excluding hydrogens is 279 g/mol. The Kier molecular flexibility index (Phi) is 4.53. The Morgan fingerprint density at radius 3 is 2.50 bits per heavy atom. The molecule has 0 atom stereocenters. The largest absolute Gasteiger partial charge is 0.405 e. The molecule has 0 aliphatic rings. The molecule has 9 heteroatoms. The molecule has 1 amide bonds. The number of aromatic nitrogens is 2. The lowest BCUT2D eigenvalue weighted by Gasteiger charge is -2.06. The normalized spacial score (nSPS) is 11.8. The highest BCUT2D eigenvalue weighted by atomic mass is 19.4. The third kappa shape index (κ3) is 4.11. The fraction of sp³-hybridized carbons (Fsp3) is 0.364. The van der Waals surface area contributed by atoms with Gasteiger partial charge in [0.25, 0.3) is 5.56 Å². The summed E-state index contributed by atoms with van der Waals surface area (Å²) in [5.74, 6) is -0.988. The topological polar surface area (TPSA) is 73.1 Å². The average Bonchev–Trinajstić information content (AvgIpc) is 2.35. The predicted molar refractivity (Wildman–Crippen MR) is 65.0 cm³/mol. The molecule has 0 radical (unpaired) electrons. The van der Waals surface area contributed by atoms with Gasteiger partial charge in [-0.15, -0.1) is 0 Å². The monoisotopic (exact) mass is 291 g/mol. The molecule has 0 aliphatic heterocycles. The van der Waals surface area contributed by atoms with Crippen molar-refractivity contribution in [2.45, 2.75) is 6.18 Å². The first kappa shape index (κ1) is 15.7. The molecule has 0 aromatic carbocycles. The first-order valence-electron chi connectivity index (χ1n) is 5.41. The van der Waals surface area contributed by atoms with Crippen LogP contribution in [0.2, 0.25) is 0 Å². The molecule has 0 spiro atoms. The van der Waals surface area contributed by atoms with E-state index in [2.05, 4.69) is 0 Å². The number of rotatable bonds is 3. The van der Waals surface area contributed by atoms with E-state index in [-0.39, 0.29) is 5.56 Å². The van der Waals surface area contributed by atoms with Gasteiger partial charge in [-0.25, -0.2) is 4.79 Å². The van der Waals surface area contributed by atoms with E-state index in [1.54, 1.807) is 5.32 Å². The Labute approximate surface area is 111 Å². The van der Waals surface area contributed by atoms with Gasteiger partial charge < -0.3 is 9.88 Å². The molecule has 1 aromatic rings. The maximum Gasteiger partial charge on any atom is 0.405 e. The summed E-state index contributed by atoms with van der Waals surface area (Å²) in [5, 5.41) is 1.62. The first-order chi connectivity index (χ1) is 9.11. The van der Waals surface area contributed by atoms with Crippen LogP contribution in [0.3, 0.4) is 0 Å². The van der Waals surface area contributed by atoms with Gasteiger partial charge in [0.2, 0.25) is 5.91 Å². The van der Waals surface area contributed by atoms with Gasteiger partial charge in [0.1, 0.15) is 6.54 Å². The van der Waals surface area contributed by atoms with Gasteiger partial charge in [-0.3, -0.25) is 14.2 Å². The lowest BCUT2D eigenvalue weighted by Crippen LogP contribution is -2.37. The lowest BCUT2D eigenvalue weighted by atomic mass is 10.3. The molecule has 0 fully saturated rings. The van der Waals surface area contributed by atoms with Crippen LogP contribution >= 0.6 is 0 Å². The standard InChI is InChI=1S/C11H12F3N3O3/c1-16-5-7(9(19)17(2)10(16)20)3-4-8(18)15-6-11(12,13)14/h3-5H,6H2,1-2H3,(H,15,18)/b4-3+. The van der Waals surface area contributed by atoms with Crippen molar-refractivity contribution in [3.63, 3.8) is 0 Å². The fourth-order valence-electron chi connectivity index (χ4n) is 1.36. The van der Waals surface area contributed by atoms with E-state index in [0.717, 1.165) is 21.3 Å². The van der Waals surface area contributed by atoms with Gasteiger partial charge in [-0.2, -0.15) is 13.2 Å². The minimum absolute atomic E-state index is 0.0109. The molecule has 20 heavy (non-hydrogen) atoms. The number of amides is 1. The van der Waals surface area contributed by atoms with Crippen LogP contribution in [0.4, 0.5) is 13.2 Å². The van der Waals surface area contributed by atoms with E-state index in [0.29, 0.717) is 0 Å². The Balaban J connectivity index is 2.89. The molecule has 0 saturated heterocycles. The second kappa shape index (κ2) is 5.76. The van der Waals surface area contributed by atoms with E-state index >= 15 is 0 Å². The van der Waals surface area contributed by atoms with Gasteiger partial charge in [0.15, 0.2) is 0 Å². The summed E-state index contributed by atoms with van der Waals surface area (Å²) in [4.78, 5) is 34.2. The highest BCUT2D eigenvalue weighted by Gasteiger charge is 2.27. The Morgan fingerprint density at radius 1 is 1.35 bits per heavy atom. The van der Waals surface area contributed by atoms with E-state index in [9.17, 15) is 27.6 Å². The van der Waals surface area contributed by atoms with Crippen LogP contribution in [0.5, 0.6) is 0 Å². The fourth-order valence-corrected chi connectivity index (χ4v) is 1.36. The number of aryl methyl sites for hydroxylation is 1. The van der Waals surface area contributed by atoms with Crippen LogP contribution in [0.25, 0.3) is 6.08 Å². The summed E-state index contributed by atoms with van der Waals surface area (Å²) in [6.45, 7) is -1.46. The van der Waals surface area contributed by atoms with E-state index in [1.165, 1.54) is 20.3 Å². The molecule has 110 valence electrons. The van der Waals surface area contributed by atoms with Crippen molar-refractivity contribution in [3.8, 4) is 0 Å². The summed E-state index contributed by atoms with van der Waals surface area (Å²) in [6.07, 6.45) is -1.46. The van der Waals surface area contributed by atoms with E-state index in [1.807, 2.05) is 0 Å². The van der Waals surface area contributed by atoms with E-state index < -0.39 is 29.9 Å². The number of halogens is 3. The molecule has 0 bridgehead atoms. The zero-order chi connectivity index (χ0) is 15.5. The minimum atomic E-state index is -4.50. The lowest BCUT2D eigenvalue weighted by molar-refractivity contribution is -0.135. The predicted octanol–water partition coefficient (Wildman–Crippen LogP) is -0.224. The number of carbonyl (C=O) groups excluding carboxylic acids is 1. The second-order valence-electron chi connectivity index (χ2n) is 4.01. The number of nitrogens with zero attached hydrogens (tertiary/aromatic N) is 2. The molecule has 0 unspecified atom stereocenters. The summed E-state index contributed by atoms with van der Waals surface area (Å²) in [5.41, 5.74) is -1.18. The van der Waals surface area contributed by atoms with Crippen LogP contribution in [0.1, 0.15) is 5.56 Å². The van der Waals surface area contributed by atoms with Crippen LogP contribution in [-0.4, -0.2) is 27.8 Å². The van der Waals surface area contributed by atoms with Gasteiger partial charge in [0.05, 0.1) is 5.56 Å². The molecule has 6 nitrogen and oxygen atoms in total. The van der Waals surface area contributed by atoms with Crippen molar-refractivity contribution in [1.29, 1.82) is 0 Å². The average molecular weight is 291 g/mol. The van der Waals surface area contributed by atoms with Gasteiger partial charge in [0, 0.05) is 26.4 Å². The van der Waals surface area contributed by atoms with Crippen LogP contribution in [0, 0.1) is 0 Å². The Bertz CT molecular complexity index is 656. The quantitative estimate of drug-likeness (QED) is 0.782. The molecule has 1 N–H and O–H groups in total. The SMILES string of the molecule is Cn1cc(/C=C/C(=O)NCC(F)(F)F)c(=O)n(C)c1=O. The van der Waals surface area contributed by atoms with Crippen LogP contribution in [-0.2, 0) is 18.9 Å². The maximum atomic E-state index is 11.9. The molecule has 0 aliphatic carbocycles. The minimum Gasteiger partial charge on any atom is -0.343 e. The number of hydrogen-bond acceptors (Lipinski definition) is 3. The molecule has 1 rings (SSSR count). The number of carbonyl (C=O) groups is 1.